The highest BCUT2D eigenvalue weighted by atomic mass is 16.6. The summed E-state index contributed by atoms with van der Waals surface area (Å²) in [5.41, 5.74) is -0.432. The molecule has 0 aliphatic heterocycles. The van der Waals surface area contributed by atoms with Gasteiger partial charge in [0, 0.05) is 25.2 Å². The Kier molecular flexibility index (Phi) is 7.46. The third-order valence-corrected chi connectivity index (χ3v) is 3.59. The minimum absolute atomic E-state index is 0.238. The maximum Gasteiger partial charge on any atom is 0.407 e. The third kappa shape index (κ3) is 8.27. The average Bonchev–Trinajstić information content (AvgIpc) is 2.36. The number of alkyl carbamates (subject to hydrolysis) is 1. The molecule has 1 unspecified atom stereocenters. The van der Waals surface area contributed by atoms with E-state index in [9.17, 15) is 4.79 Å². The number of carbonyl (C=O) groups excluding carboxylic acids is 1. The summed E-state index contributed by atoms with van der Waals surface area (Å²) in [6, 6.07) is 0.770. The summed E-state index contributed by atoms with van der Waals surface area (Å²) in [4.78, 5) is 11.7. The van der Waals surface area contributed by atoms with Gasteiger partial charge in [-0.25, -0.2) is 4.79 Å². The van der Waals surface area contributed by atoms with Crippen LogP contribution >= 0.6 is 0 Å². The van der Waals surface area contributed by atoms with Crippen LogP contribution in [-0.2, 0) is 9.47 Å². The van der Waals surface area contributed by atoms with E-state index < -0.39 is 5.60 Å². The van der Waals surface area contributed by atoms with Crippen LogP contribution in [0.15, 0.2) is 0 Å². The molecule has 0 spiro atoms. The van der Waals surface area contributed by atoms with Gasteiger partial charge in [-0.05, 0) is 60.3 Å². The molecule has 0 saturated heterocycles. The van der Waals surface area contributed by atoms with Crippen molar-refractivity contribution in [2.75, 3.05) is 13.2 Å². The first kappa shape index (κ1) is 18.2. The molecule has 0 aromatic carbocycles. The second-order valence-corrected chi connectivity index (χ2v) is 6.87. The Morgan fingerprint density at radius 2 is 1.76 bits per heavy atom. The van der Waals surface area contributed by atoms with Crippen LogP contribution in [0.4, 0.5) is 4.79 Å². The van der Waals surface area contributed by atoms with Crippen molar-refractivity contribution in [3.8, 4) is 0 Å². The zero-order valence-electron chi connectivity index (χ0n) is 14.2. The van der Waals surface area contributed by atoms with Crippen LogP contribution in [0.2, 0.25) is 0 Å². The highest BCUT2D eigenvalue weighted by Gasteiger charge is 2.24. The molecule has 1 aliphatic carbocycles. The summed E-state index contributed by atoms with van der Waals surface area (Å²) in [5, 5.41) is 6.52. The van der Waals surface area contributed by atoms with Gasteiger partial charge in [-0.15, -0.1) is 0 Å². The van der Waals surface area contributed by atoms with Gasteiger partial charge in [0.1, 0.15) is 5.60 Å². The fraction of sp³-hybridized carbons (Fsp3) is 0.938. The molecule has 0 aromatic rings. The predicted octanol–water partition coefficient (Wildman–Crippen LogP) is 2.84. The zero-order chi connectivity index (χ0) is 15.9. The lowest BCUT2D eigenvalue weighted by Gasteiger charge is -2.31. The van der Waals surface area contributed by atoms with E-state index >= 15 is 0 Å². The molecule has 1 rings (SSSR count). The van der Waals surface area contributed by atoms with E-state index in [1.165, 1.54) is 0 Å². The number of carbonyl (C=O) groups is 1. The normalized spacial score (nSPS) is 24.4. The van der Waals surface area contributed by atoms with Crippen LogP contribution in [0.25, 0.3) is 0 Å². The Bertz CT molecular complexity index is 307. The van der Waals surface area contributed by atoms with Gasteiger partial charge >= 0.3 is 6.09 Å². The topological polar surface area (TPSA) is 59.6 Å². The molecular formula is C16H32N2O3. The molecule has 1 amide bonds. The van der Waals surface area contributed by atoms with Crippen molar-refractivity contribution in [3.05, 3.63) is 0 Å². The Labute approximate surface area is 129 Å². The van der Waals surface area contributed by atoms with Crippen molar-refractivity contribution >= 4 is 6.09 Å². The van der Waals surface area contributed by atoms with Crippen LogP contribution in [0.5, 0.6) is 0 Å². The van der Waals surface area contributed by atoms with E-state index in [-0.39, 0.29) is 18.2 Å². The van der Waals surface area contributed by atoms with Gasteiger partial charge in [-0.1, -0.05) is 0 Å². The first-order valence-corrected chi connectivity index (χ1v) is 8.14. The molecule has 1 aliphatic rings. The minimum Gasteiger partial charge on any atom is -0.444 e. The Morgan fingerprint density at radius 3 is 2.29 bits per heavy atom. The Balaban J connectivity index is 2.19. The lowest BCUT2D eigenvalue weighted by Crippen LogP contribution is -2.45. The van der Waals surface area contributed by atoms with E-state index in [2.05, 4.69) is 17.6 Å². The lowest BCUT2D eigenvalue weighted by molar-refractivity contribution is 0.0487. The predicted molar refractivity (Wildman–Crippen MR) is 84.5 cm³/mol. The molecule has 124 valence electrons. The SMILES string of the molecule is CCOC(C)CNC1CCC(NC(=O)OC(C)(C)C)CC1. The molecule has 5 nitrogen and oxygen atoms in total. The summed E-state index contributed by atoms with van der Waals surface area (Å²) in [7, 11) is 0. The molecule has 1 saturated carbocycles. The van der Waals surface area contributed by atoms with Gasteiger partial charge in [0.2, 0.25) is 0 Å². The first-order valence-electron chi connectivity index (χ1n) is 8.14. The maximum absolute atomic E-state index is 11.7. The van der Waals surface area contributed by atoms with Crippen LogP contribution in [-0.4, -0.2) is 43.0 Å². The van der Waals surface area contributed by atoms with Crippen molar-refractivity contribution in [2.24, 2.45) is 0 Å². The van der Waals surface area contributed by atoms with E-state index in [1.807, 2.05) is 27.7 Å². The molecule has 1 fully saturated rings. The van der Waals surface area contributed by atoms with Gasteiger partial charge in [-0.2, -0.15) is 0 Å². The maximum atomic E-state index is 11.7. The van der Waals surface area contributed by atoms with Crippen molar-refractivity contribution < 1.29 is 14.3 Å². The van der Waals surface area contributed by atoms with Gasteiger partial charge in [0.25, 0.3) is 0 Å². The molecule has 0 bridgehead atoms. The second kappa shape index (κ2) is 8.59. The summed E-state index contributed by atoms with van der Waals surface area (Å²) in [5.74, 6) is 0. The van der Waals surface area contributed by atoms with Crippen molar-refractivity contribution in [1.29, 1.82) is 0 Å². The smallest absolute Gasteiger partial charge is 0.407 e. The lowest BCUT2D eigenvalue weighted by atomic mass is 9.91. The molecule has 1 atom stereocenters. The summed E-state index contributed by atoms with van der Waals surface area (Å²) in [6.45, 7) is 11.4. The average molecular weight is 300 g/mol. The van der Waals surface area contributed by atoms with E-state index in [0.717, 1.165) is 38.8 Å². The number of hydrogen-bond acceptors (Lipinski definition) is 4. The molecular weight excluding hydrogens is 268 g/mol. The molecule has 5 heteroatoms. The van der Waals surface area contributed by atoms with E-state index in [0.29, 0.717) is 6.04 Å². The second-order valence-electron chi connectivity index (χ2n) is 6.87. The van der Waals surface area contributed by atoms with Gasteiger partial charge < -0.3 is 20.1 Å². The van der Waals surface area contributed by atoms with Gasteiger partial charge in [0.05, 0.1) is 6.10 Å². The van der Waals surface area contributed by atoms with Crippen LogP contribution in [0, 0.1) is 0 Å². The van der Waals surface area contributed by atoms with Gasteiger partial charge in [0.15, 0.2) is 0 Å². The molecule has 0 aromatic heterocycles. The van der Waals surface area contributed by atoms with E-state index in [1.54, 1.807) is 0 Å². The summed E-state index contributed by atoms with van der Waals surface area (Å²) in [6.07, 6.45) is 4.12. The number of ether oxygens (including phenoxy) is 2. The first-order chi connectivity index (χ1) is 9.80. The molecule has 0 heterocycles. The van der Waals surface area contributed by atoms with E-state index in [4.69, 9.17) is 9.47 Å². The molecule has 2 N–H and O–H groups in total. The summed E-state index contributed by atoms with van der Waals surface area (Å²) < 4.78 is 10.8. The van der Waals surface area contributed by atoms with Crippen LogP contribution < -0.4 is 10.6 Å². The fourth-order valence-electron chi connectivity index (χ4n) is 2.59. The number of rotatable bonds is 6. The fourth-order valence-corrected chi connectivity index (χ4v) is 2.59. The number of amides is 1. The quantitative estimate of drug-likeness (QED) is 0.792. The molecule has 21 heavy (non-hydrogen) atoms. The standard InChI is InChI=1S/C16H32N2O3/c1-6-20-12(2)11-17-13-7-9-14(10-8-13)18-15(19)21-16(3,4)5/h12-14,17H,6-11H2,1-5H3,(H,18,19). The van der Waals surface area contributed by atoms with Crippen molar-refractivity contribution in [2.45, 2.75) is 84.1 Å². The highest BCUT2D eigenvalue weighted by molar-refractivity contribution is 5.68. The molecule has 0 radical (unpaired) electrons. The van der Waals surface area contributed by atoms with Gasteiger partial charge in [-0.3, -0.25) is 0 Å². The number of nitrogens with one attached hydrogen (secondary N) is 2. The zero-order valence-corrected chi connectivity index (χ0v) is 14.2. The minimum atomic E-state index is -0.432. The Morgan fingerprint density at radius 1 is 1.19 bits per heavy atom. The highest BCUT2D eigenvalue weighted by Crippen LogP contribution is 2.19. The largest absolute Gasteiger partial charge is 0.444 e. The summed E-state index contributed by atoms with van der Waals surface area (Å²) >= 11 is 0. The van der Waals surface area contributed by atoms with Crippen LogP contribution in [0.1, 0.15) is 60.3 Å². The monoisotopic (exact) mass is 300 g/mol. The number of hydrogen-bond donors (Lipinski definition) is 2. The van der Waals surface area contributed by atoms with Crippen LogP contribution in [0.3, 0.4) is 0 Å². The van der Waals surface area contributed by atoms with Crippen molar-refractivity contribution in [3.63, 3.8) is 0 Å². The third-order valence-electron chi connectivity index (χ3n) is 3.59. The Hall–Kier alpha value is -0.810. The van der Waals surface area contributed by atoms with Crippen molar-refractivity contribution in [1.82, 2.24) is 10.6 Å².